The molecule has 2 aromatic heterocycles. The molecule has 0 aliphatic carbocycles. The van der Waals surface area contributed by atoms with Crippen LogP contribution in [0, 0.1) is 13.8 Å². The van der Waals surface area contributed by atoms with E-state index in [1.54, 1.807) is 62.2 Å². The number of carbonyl (C=O) groups is 2. The summed E-state index contributed by atoms with van der Waals surface area (Å²) in [6, 6.07) is 8.04. The summed E-state index contributed by atoms with van der Waals surface area (Å²) in [6.07, 6.45) is 4.79. The molecule has 8 N–H and O–H groups in total. The number of aromatic amines is 1. The second-order valence-corrected chi connectivity index (χ2v) is 19.8. The zero-order valence-corrected chi connectivity index (χ0v) is 37.3. The highest BCUT2D eigenvalue weighted by Crippen LogP contribution is 2.38. The number of H-pyrrole nitrogens is 1. The Morgan fingerprint density at radius 1 is 1.14 bits per heavy atom. The Kier molecular flexibility index (Phi) is 13.2. The summed E-state index contributed by atoms with van der Waals surface area (Å²) in [4.78, 5) is 41.7. The van der Waals surface area contributed by atoms with Crippen molar-refractivity contribution in [3.05, 3.63) is 95.7 Å². The summed E-state index contributed by atoms with van der Waals surface area (Å²) >= 11 is 0. The molecule has 2 aromatic carbocycles. The van der Waals surface area contributed by atoms with Gasteiger partial charge >= 0.3 is 0 Å². The molecule has 5 heterocycles. The highest BCUT2D eigenvalue weighted by atomic mass is 32.2. The average Bonchev–Trinajstić information content (AvgIpc) is 3.75. The van der Waals surface area contributed by atoms with Crippen molar-refractivity contribution < 1.29 is 27.9 Å². The van der Waals surface area contributed by atoms with Crippen LogP contribution < -0.4 is 31.7 Å². The summed E-state index contributed by atoms with van der Waals surface area (Å²) in [6.45, 7) is 20.6. The molecule has 19 heteroatoms. The van der Waals surface area contributed by atoms with Crippen molar-refractivity contribution in [2.45, 2.75) is 88.6 Å². The molecule has 336 valence electrons. The first kappa shape index (κ1) is 45.2. The largest absolute Gasteiger partial charge is 0.492 e. The molecule has 2 amide bonds. The van der Waals surface area contributed by atoms with Gasteiger partial charge < -0.3 is 40.9 Å². The van der Waals surface area contributed by atoms with Gasteiger partial charge in [0.1, 0.15) is 35.3 Å². The Labute approximate surface area is 368 Å². The van der Waals surface area contributed by atoms with Gasteiger partial charge in [-0.3, -0.25) is 25.3 Å². The number of ether oxygens (including phenoxy) is 1. The van der Waals surface area contributed by atoms with E-state index in [0.717, 1.165) is 36.6 Å². The molecule has 63 heavy (non-hydrogen) atoms. The van der Waals surface area contributed by atoms with E-state index in [4.69, 9.17) is 10.5 Å². The Hall–Kier alpha value is -5.86. The first-order valence-electron chi connectivity index (χ1n) is 21.1. The minimum absolute atomic E-state index is 0.0738. The number of benzene rings is 2. The van der Waals surface area contributed by atoms with E-state index in [1.807, 2.05) is 13.8 Å². The van der Waals surface area contributed by atoms with Crippen LogP contribution in [-0.2, 0) is 21.2 Å². The molecule has 0 radical (unpaired) electrons. The number of allylic oxidation sites excluding steroid dienone is 1. The van der Waals surface area contributed by atoms with Gasteiger partial charge in [-0.1, -0.05) is 25.3 Å². The number of fused-ring (bicyclic) bond motifs is 2. The topological polar surface area (TPSA) is 236 Å². The minimum atomic E-state index is -3.83. The molecule has 0 saturated carbocycles. The fraction of sp³-hybridized carbons (Fsp3) is 0.432. The molecule has 3 atom stereocenters. The Morgan fingerprint density at radius 2 is 1.90 bits per heavy atom. The van der Waals surface area contributed by atoms with Crippen molar-refractivity contribution in [3.63, 3.8) is 0 Å². The number of nitrogens with two attached hydrogens (primary N) is 1. The van der Waals surface area contributed by atoms with Crippen molar-refractivity contribution in [2.24, 2.45) is 5.73 Å². The molecule has 3 aliphatic rings. The van der Waals surface area contributed by atoms with Gasteiger partial charge in [-0.15, -0.1) is 0 Å². The molecular formula is C44H58N12O6S. The number of hydrogen-bond acceptors (Lipinski definition) is 15. The Bertz CT molecular complexity index is 2540. The maximum atomic E-state index is 13.9. The third-order valence-electron chi connectivity index (χ3n) is 12.0. The molecule has 18 nitrogen and oxygen atoms in total. The number of aliphatic hydroxyl groups excluding tert-OH is 1. The monoisotopic (exact) mass is 882 g/mol. The molecular weight excluding hydrogens is 825 g/mol. The zero-order chi connectivity index (χ0) is 45.2. The lowest BCUT2D eigenvalue weighted by Crippen LogP contribution is -2.57. The molecule has 0 unspecified atom stereocenters. The smallest absolute Gasteiger partial charge is 0.257 e. The molecule has 4 aromatic rings. The molecule has 0 bridgehead atoms. The predicted octanol–water partition coefficient (Wildman–Crippen LogP) is 3.75. The van der Waals surface area contributed by atoms with Gasteiger partial charge in [-0.05, 0) is 72.1 Å². The Balaban J connectivity index is 0.913. The van der Waals surface area contributed by atoms with Crippen LogP contribution in [0.4, 0.5) is 17.3 Å². The first-order chi connectivity index (χ1) is 30.0. The third-order valence-corrected chi connectivity index (χ3v) is 14.5. The average molecular weight is 883 g/mol. The van der Waals surface area contributed by atoms with Gasteiger partial charge in [0.25, 0.3) is 11.8 Å². The molecule has 2 fully saturated rings. The predicted molar refractivity (Wildman–Crippen MR) is 242 cm³/mol. The Morgan fingerprint density at radius 3 is 2.59 bits per heavy atom. The molecule has 7 rings (SSSR count). The quantitative estimate of drug-likeness (QED) is 0.0390. The van der Waals surface area contributed by atoms with Crippen LogP contribution in [0.1, 0.15) is 67.2 Å². The van der Waals surface area contributed by atoms with Crippen molar-refractivity contribution >= 4 is 49.9 Å². The number of aromatic nitrogens is 4. The van der Waals surface area contributed by atoms with Crippen molar-refractivity contribution in [1.82, 2.24) is 45.5 Å². The second kappa shape index (κ2) is 18.5. The van der Waals surface area contributed by atoms with Gasteiger partial charge in [-0.25, -0.2) is 18.4 Å². The van der Waals surface area contributed by atoms with Gasteiger partial charge in [0.2, 0.25) is 0 Å². The van der Waals surface area contributed by atoms with E-state index in [2.05, 4.69) is 64.4 Å². The van der Waals surface area contributed by atoms with E-state index < -0.39 is 39.1 Å². The van der Waals surface area contributed by atoms with Crippen LogP contribution in [0.3, 0.4) is 0 Å². The zero-order valence-electron chi connectivity index (χ0n) is 36.5. The standard InChI is InChI=1S/C44H58N12O6S/c1-8-29(40(57)50-33-12-9-11-30-32(33)24-56(42(30)59)35-14-13-26(2)49-41(35)58)23-46-43(45)55-18-16-54(17-19-55)15-10-20-62-36-22-34-31(21-37(36)63(60,61)44(5,6)7)39(48-25-47-34)51-38-27(3)28(4)52-53-38/h8-9,11-12,21-23,25,35,41,43,46,49,58H,1-2,10,13-20,24,45H2,3-7H3,(H,50,57)(H2,47,48,51,52,53)/b29-23+/t35-,41-,43+/m0/s1. The van der Waals surface area contributed by atoms with Gasteiger partial charge in [0, 0.05) is 90.7 Å². The van der Waals surface area contributed by atoms with Gasteiger partial charge in [0.15, 0.2) is 15.7 Å². The number of carbonyl (C=O) groups excluding carboxylic acids is 2. The summed E-state index contributed by atoms with van der Waals surface area (Å²) in [5.74, 6) is 0.661. The minimum Gasteiger partial charge on any atom is -0.492 e. The van der Waals surface area contributed by atoms with E-state index in [0.29, 0.717) is 71.7 Å². The summed E-state index contributed by atoms with van der Waals surface area (Å²) in [5, 5.41) is 30.6. The van der Waals surface area contributed by atoms with E-state index in [9.17, 15) is 23.1 Å². The van der Waals surface area contributed by atoms with E-state index >= 15 is 0 Å². The normalized spacial score (nSPS) is 19.4. The fourth-order valence-corrected chi connectivity index (χ4v) is 9.20. The fourth-order valence-electron chi connectivity index (χ4n) is 7.89. The van der Waals surface area contributed by atoms with Crippen LogP contribution in [0.15, 0.2) is 78.3 Å². The van der Waals surface area contributed by atoms with Crippen molar-refractivity contribution in [3.8, 4) is 5.75 Å². The highest BCUT2D eigenvalue weighted by molar-refractivity contribution is 7.92. The van der Waals surface area contributed by atoms with E-state index in [1.165, 1.54) is 12.4 Å². The van der Waals surface area contributed by atoms with E-state index in [-0.39, 0.29) is 35.3 Å². The summed E-state index contributed by atoms with van der Waals surface area (Å²) in [5.41, 5.74) is 11.6. The number of piperazine rings is 1. The lowest BCUT2D eigenvalue weighted by Gasteiger charge is -2.37. The lowest BCUT2D eigenvalue weighted by atomic mass is 10.0. The number of amides is 2. The number of nitrogens with zero attached hydrogens (tertiary/aromatic N) is 6. The number of rotatable bonds is 15. The molecule has 2 saturated heterocycles. The van der Waals surface area contributed by atoms with Gasteiger partial charge in [-0.2, -0.15) is 5.10 Å². The summed E-state index contributed by atoms with van der Waals surface area (Å²) < 4.78 is 32.9. The van der Waals surface area contributed by atoms with Crippen LogP contribution in [0.5, 0.6) is 5.75 Å². The highest BCUT2D eigenvalue weighted by Gasteiger charge is 2.39. The first-order valence-corrected chi connectivity index (χ1v) is 22.6. The number of sulfone groups is 1. The number of anilines is 3. The van der Waals surface area contributed by atoms with Gasteiger partial charge in [0.05, 0.1) is 28.5 Å². The number of nitrogens with one attached hydrogen (secondary N) is 5. The van der Waals surface area contributed by atoms with Crippen LogP contribution >= 0.6 is 0 Å². The number of piperidine rings is 1. The van der Waals surface area contributed by atoms with Crippen LogP contribution in [0.2, 0.25) is 0 Å². The SMILES string of the molecule is C=C/C(=C\N[C@@H](N)N1CCN(CCCOc2cc3ncnc(Nc4n[nH]c(C)c4C)c3cc2S(=O)(=O)C(C)(C)C)CC1)C(=O)Nc1cccc2c1CN([C@H]1CCC(=C)N[C@H]1O)C2=O. The van der Waals surface area contributed by atoms with Crippen LogP contribution in [-0.4, -0.2) is 123 Å². The number of aryl methyl sites for hydroxylation is 1. The molecule has 3 aliphatic heterocycles. The number of hydrogen-bond donors (Lipinski definition) is 7. The second-order valence-electron chi connectivity index (χ2n) is 17.1. The third kappa shape index (κ3) is 9.57. The molecule has 0 spiro atoms. The van der Waals surface area contributed by atoms with Crippen LogP contribution in [0.25, 0.3) is 10.9 Å². The lowest BCUT2D eigenvalue weighted by molar-refractivity contribution is -0.112. The summed E-state index contributed by atoms with van der Waals surface area (Å²) in [7, 11) is -3.83. The maximum absolute atomic E-state index is 13.9. The van der Waals surface area contributed by atoms with Crippen molar-refractivity contribution in [2.75, 3.05) is 50.0 Å². The number of aliphatic hydroxyl groups is 1. The van der Waals surface area contributed by atoms with Crippen molar-refractivity contribution in [1.29, 1.82) is 0 Å². The maximum Gasteiger partial charge on any atom is 0.257 e.